The van der Waals surface area contributed by atoms with Gasteiger partial charge in [0.2, 0.25) is 0 Å². The fraction of sp³-hybridized carbons (Fsp3) is 0.364. The number of anilines is 1. The molecule has 0 bridgehead atoms. The second-order valence-electron chi connectivity index (χ2n) is 7.67. The second kappa shape index (κ2) is 8.81. The Balaban J connectivity index is 1.43. The summed E-state index contributed by atoms with van der Waals surface area (Å²) in [6.07, 6.45) is 2.70. The molecule has 0 saturated carbocycles. The molecular weight excluding hydrogens is 420 g/mol. The predicted molar refractivity (Wildman–Crippen MR) is 119 cm³/mol. The Bertz CT molecular complexity index is 1050. The molecular formula is C22H24N2O4S2. The maximum atomic E-state index is 12.8. The molecule has 2 aromatic carbocycles. The van der Waals surface area contributed by atoms with E-state index in [1.165, 1.54) is 11.8 Å². The standard InChI is InChI=1S/C22H24N2O4S2/c25-21(19-5-1-2-6-20(19)29-18-11-14-30(27,28)15-18)23-17-9-7-16(8-10-17)22(26)24-12-3-4-13-24/h1-2,5-10,18H,3-4,11-15H2,(H,23,25). The average Bonchev–Trinajstić information content (AvgIpc) is 3.38. The second-order valence-corrected chi connectivity index (χ2v) is 11.2. The number of hydrogen-bond donors (Lipinski definition) is 1. The van der Waals surface area contributed by atoms with Gasteiger partial charge in [-0.15, -0.1) is 11.8 Å². The van der Waals surface area contributed by atoms with E-state index in [0.717, 1.165) is 30.8 Å². The molecule has 2 aromatic rings. The molecule has 0 aromatic heterocycles. The first-order chi connectivity index (χ1) is 14.4. The van der Waals surface area contributed by atoms with Gasteiger partial charge in [0.15, 0.2) is 9.84 Å². The van der Waals surface area contributed by atoms with Crippen molar-refractivity contribution in [1.29, 1.82) is 0 Å². The van der Waals surface area contributed by atoms with Crippen LogP contribution in [0.25, 0.3) is 0 Å². The van der Waals surface area contributed by atoms with Crippen LogP contribution in [0, 0.1) is 0 Å². The summed E-state index contributed by atoms with van der Waals surface area (Å²) >= 11 is 1.45. The Morgan fingerprint density at radius 3 is 2.37 bits per heavy atom. The van der Waals surface area contributed by atoms with Crippen LogP contribution in [0.3, 0.4) is 0 Å². The van der Waals surface area contributed by atoms with E-state index >= 15 is 0 Å². The van der Waals surface area contributed by atoms with E-state index < -0.39 is 9.84 Å². The van der Waals surface area contributed by atoms with E-state index in [-0.39, 0.29) is 28.6 Å². The average molecular weight is 445 g/mol. The van der Waals surface area contributed by atoms with Crippen molar-refractivity contribution in [2.75, 3.05) is 29.9 Å². The van der Waals surface area contributed by atoms with Gasteiger partial charge in [0.1, 0.15) is 0 Å². The summed E-state index contributed by atoms with van der Waals surface area (Å²) in [5.41, 5.74) is 1.75. The molecule has 4 rings (SSSR count). The Hall–Kier alpha value is -2.32. The predicted octanol–water partition coefficient (Wildman–Crippen LogP) is 3.45. The van der Waals surface area contributed by atoms with E-state index in [9.17, 15) is 18.0 Å². The van der Waals surface area contributed by atoms with Gasteiger partial charge in [-0.25, -0.2) is 8.42 Å². The summed E-state index contributed by atoms with van der Waals surface area (Å²) in [5.74, 6) is 0.137. The number of carbonyl (C=O) groups is 2. The van der Waals surface area contributed by atoms with Crippen LogP contribution in [0.1, 0.15) is 40.0 Å². The minimum atomic E-state index is -2.97. The maximum absolute atomic E-state index is 12.8. The highest BCUT2D eigenvalue weighted by molar-refractivity contribution is 8.02. The number of rotatable bonds is 5. The van der Waals surface area contributed by atoms with Crippen molar-refractivity contribution in [2.45, 2.75) is 29.4 Å². The number of likely N-dealkylation sites (tertiary alicyclic amines) is 1. The highest BCUT2D eigenvalue weighted by atomic mass is 32.2. The van der Waals surface area contributed by atoms with Gasteiger partial charge in [0.25, 0.3) is 11.8 Å². The van der Waals surface area contributed by atoms with Crippen LogP contribution in [0.2, 0.25) is 0 Å². The molecule has 2 heterocycles. The summed E-state index contributed by atoms with van der Waals surface area (Å²) in [6.45, 7) is 1.60. The zero-order valence-electron chi connectivity index (χ0n) is 16.5. The van der Waals surface area contributed by atoms with Gasteiger partial charge in [0, 0.05) is 34.5 Å². The van der Waals surface area contributed by atoms with Crippen molar-refractivity contribution in [3.05, 3.63) is 59.7 Å². The first kappa shape index (κ1) is 20.9. The monoisotopic (exact) mass is 444 g/mol. The summed E-state index contributed by atoms with van der Waals surface area (Å²) in [4.78, 5) is 27.9. The van der Waals surface area contributed by atoms with E-state index in [1.807, 2.05) is 17.0 Å². The third-order valence-electron chi connectivity index (χ3n) is 5.40. The van der Waals surface area contributed by atoms with Crippen molar-refractivity contribution in [1.82, 2.24) is 4.90 Å². The van der Waals surface area contributed by atoms with Gasteiger partial charge in [0.05, 0.1) is 17.1 Å². The third-order valence-corrected chi connectivity index (χ3v) is 8.72. The number of hydrogen-bond acceptors (Lipinski definition) is 5. The molecule has 0 spiro atoms. The van der Waals surface area contributed by atoms with Crippen LogP contribution in [0.15, 0.2) is 53.4 Å². The Morgan fingerprint density at radius 2 is 1.70 bits per heavy atom. The molecule has 158 valence electrons. The lowest BCUT2D eigenvalue weighted by atomic mass is 10.1. The highest BCUT2D eigenvalue weighted by Gasteiger charge is 2.29. The topological polar surface area (TPSA) is 83.6 Å². The Morgan fingerprint density at radius 1 is 1.00 bits per heavy atom. The zero-order valence-corrected chi connectivity index (χ0v) is 18.2. The summed E-state index contributed by atoms with van der Waals surface area (Å²) in [6, 6.07) is 14.2. The SMILES string of the molecule is O=C(Nc1ccc(C(=O)N2CCCC2)cc1)c1ccccc1SC1CCS(=O)(=O)C1. The largest absolute Gasteiger partial charge is 0.339 e. The summed E-state index contributed by atoms with van der Waals surface area (Å²) < 4.78 is 23.5. The molecule has 2 amide bonds. The summed E-state index contributed by atoms with van der Waals surface area (Å²) in [5, 5.41) is 2.85. The molecule has 8 heteroatoms. The molecule has 30 heavy (non-hydrogen) atoms. The van der Waals surface area contributed by atoms with Crippen molar-refractivity contribution in [3.8, 4) is 0 Å². The Labute approximate surface area is 181 Å². The van der Waals surface area contributed by atoms with Gasteiger partial charge < -0.3 is 10.2 Å². The van der Waals surface area contributed by atoms with E-state index in [4.69, 9.17) is 0 Å². The molecule has 0 radical (unpaired) electrons. The fourth-order valence-corrected chi connectivity index (χ4v) is 7.41. The lowest BCUT2D eigenvalue weighted by Gasteiger charge is -2.15. The van der Waals surface area contributed by atoms with E-state index in [0.29, 0.717) is 23.2 Å². The van der Waals surface area contributed by atoms with Crippen LogP contribution in [-0.4, -0.2) is 55.0 Å². The molecule has 2 aliphatic heterocycles. The highest BCUT2D eigenvalue weighted by Crippen LogP contribution is 2.33. The first-order valence-corrected chi connectivity index (χ1v) is 12.8. The number of nitrogens with one attached hydrogen (secondary N) is 1. The number of sulfone groups is 1. The smallest absolute Gasteiger partial charge is 0.256 e. The number of carbonyl (C=O) groups excluding carboxylic acids is 2. The number of thioether (sulfide) groups is 1. The van der Waals surface area contributed by atoms with Crippen molar-refractivity contribution in [2.24, 2.45) is 0 Å². The lowest BCUT2D eigenvalue weighted by molar-refractivity contribution is 0.0792. The molecule has 6 nitrogen and oxygen atoms in total. The Kier molecular flexibility index (Phi) is 6.15. The van der Waals surface area contributed by atoms with Gasteiger partial charge in [-0.1, -0.05) is 12.1 Å². The number of amides is 2. The van der Waals surface area contributed by atoms with Gasteiger partial charge in [-0.3, -0.25) is 9.59 Å². The van der Waals surface area contributed by atoms with Crippen LogP contribution < -0.4 is 5.32 Å². The van der Waals surface area contributed by atoms with Crippen LogP contribution >= 0.6 is 11.8 Å². The van der Waals surface area contributed by atoms with Crippen LogP contribution in [0.4, 0.5) is 5.69 Å². The maximum Gasteiger partial charge on any atom is 0.256 e. The molecule has 0 aliphatic carbocycles. The van der Waals surface area contributed by atoms with Crippen LogP contribution in [-0.2, 0) is 9.84 Å². The minimum absolute atomic E-state index is 0.0265. The minimum Gasteiger partial charge on any atom is -0.339 e. The van der Waals surface area contributed by atoms with Gasteiger partial charge >= 0.3 is 0 Å². The van der Waals surface area contributed by atoms with Gasteiger partial charge in [-0.2, -0.15) is 0 Å². The molecule has 1 atom stereocenters. The number of nitrogens with zero attached hydrogens (tertiary/aromatic N) is 1. The van der Waals surface area contributed by atoms with Crippen molar-refractivity contribution >= 4 is 39.1 Å². The molecule has 1 N–H and O–H groups in total. The first-order valence-electron chi connectivity index (χ1n) is 10.1. The van der Waals surface area contributed by atoms with Gasteiger partial charge in [-0.05, 0) is 55.7 Å². The third kappa shape index (κ3) is 4.87. The van der Waals surface area contributed by atoms with E-state index in [2.05, 4.69) is 5.32 Å². The molecule has 2 fully saturated rings. The zero-order chi connectivity index (χ0) is 21.1. The summed E-state index contributed by atoms with van der Waals surface area (Å²) in [7, 11) is -2.97. The molecule has 2 aliphatic rings. The van der Waals surface area contributed by atoms with Crippen molar-refractivity contribution < 1.29 is 18.0 Å². The van der Waals surface area contributed by atoms with E-state index in [1.54, 1.807) is 36.4 Å². The fourth-order valence-electron chi connectivity index (χ4n) is 3.79. The molecule has 2 saturated heterocycles. The van der Waals surface area contributed by atoms with Crippen LogP contribution in [0.5, 0.6) is 0 Å². The normalized spacial score (nSPS) is 20.3. The lowest BCUT2D eigenvalue weighted by Crippen LogP contribution is -2.27. The quantitative estimate of drug-likeness (QED) is 0.764. The molecule has 1 unspecified atom stereocenters. The van der Waals surface area contributed by atoms with Crippen molar-refractivity contribution in [3.63, 3.8) is 0 Å². The number of benzene rings is 2.